The fourth-order valence-corrected chi connectivity index (χ4v) is 3.42. The Balaban J connectivity index is 1.62. The molecule has 22 heavy (non-hydrogen) atoms. The minimum absolute atomic E-state index is 0.208. The molecular formula is C18H27N3O. The maximum atomic E-state index is 12.8. The molecule has 1 aromatic rings. The van der Waals surface area contributed by atoms with Crippen LogP contribution in [0.2, 0.25) is 0 Å². The van der Waals surface area contributed by atoms with Crippen molar-refractivity contribution >= 4 is 5.91 Å². The van der Waals surface area contributed by atoms with Crippen molar-refractivity contribution in [2.24, 2.45) is 0 Å². The van der Waals surface area contributed by atoms with E-state index < -0.39 is 0 Å². The van der Waals surface area contributed by atoms with Crippen LogP contribution in [0.4, 0.5) is 0 Å². The molecule has 0 bridgehead atoms. The Morgan fingerprint density at radius 1 is 1.18 bits per heavy atom. The third-order valence-electron chi connectivity index (χ3n) is 5.08. The quantitative estimate of drug-likeness (QED) is 0.900. The first-order valence-electron chi connectivity index (χ1n) is 8.55. The number of piperazine rings is 1. The maximum Gasteiger partial charge on any atom is 0.254 e. The maximum absolute atomic E-state index is 12.8. The van der Waals surface area contributed by atoms with Crippen LogP contribution in [-0.4, -0.2) is 61.5 Å². The molecule has 1 heterocycles. The Morgan fingerprint density at radius 3 is 2.55 bits per heavy atom. The van der Waals surface area contributed by atoms with E-state index in [0.29, 0.717) is 0 Å². The van der Waals surface area contributed by atoms with Crippen LogP contribution in [0.25, 0.3) is 0 Å². The number of nitrogens with zero attached hydrogens (tertiary/aromatic N) is 2. The van der Waals surface area contributed by atoms with Gasteiger partial charge in [0.2, 0.25) is 0 Å². The molecule has 1 N–H and O–H groups in total. The van der Waals surface area contributed by atoms with Crippen molar-refractivity contribution in [2.75, 3.05) is 39.8 Å². The summed E-state index contributed by atoms with van der Waals surface area (Å²) in [5, 5.41) is 3.16. The van der Waals surface area contributed by atoms with Gasteiger partial charge in [-0.25, -0.2) is 0 Å². The number of hydrogen-bond donors (Lipinski definition) is 1. The van der Waals surface area contributed by atoms with Crippen LogP contribution >= 0.6 is 0 Å². The summed E-state index contributed by atoms with van der Waals surface area (Å²) in [6.07, 6.45) is 4.98. The molecule has 1 amide bonds. The third kappa shape index (κ3) is 3.33. The topological polar surface area (TPSA) is 35.6 Å². The molecule has 1 saturated heterocycles. The highest BCUT2D eigenvalue weighted by Gasteiger charge is 2.29. The van der Waals surface area contributed by atoms with Crippen LogP contribution in [0, 0.1) is 0 Å². The highest BCUT2D eigenvalue weighted by atomic mass is 16.2. The SMILES string of the molecule is CNCCc1ccccc1C(=O)N1CCN(C2CCC2)CC1. The van der Waals surface area contributed by atoms with Crippen molar-refractivity contribution < 1.29 is 4.79 Å². The van der Waals surface area contributed by atoms with E-state index in [1.807, 2.05) is 30.1 Å². The van der Waals surface area contributed by atoms with Crippen LogP contribution < -0.4 is 5.32 Å². The van der Waals surface area contributed by atoms with Gasteiger partial charge in [-0.15, -0.1) is 0 Å². The second-order valence-corrected chi connectivity index (χ2v) is 6.42. The van der Waals surface area contributed by atoms with E-state index in [9.17, 15) is 4.79 Å². The van der Waals surface area contributed by atoms with Gasteiger partial charge in [-0.3, -0.25) is 9.69 Å². The van der Waals surface area contributed by atoms with Crippen molar-refractivity contribution in [1.82, 2.24) is 15.1 Å². The van der Waals surface area contributed by atoms with Crippen molar-refractivity contribution in [3.63, 3.8) is 0 Å². The molecule has 0 spiro atoms. The highest BCUT2D eigenvalue weighted by Crippen LogP contribution is 2.26. The molecule has 4 nitrogen and oxygen atoms in total. The lowest BCUT2D eigenvalue weighted by atomic mass is 9.91. The number of rotatable bonds is 5. The smallest absolute Gasteiger partial charge is 0.254 e. The number of amides is 1. The van der Waals surface area contributed by atoms with Crippen molar-refractivity contribution in [3.05, 3.63) is 35.4 Å². The van der Waals surface area contributed by atoms with Crippen molar-refractivity contribution in [2.45, 2.75) is 31.7 Å². The fourth-order valence-electron chi connectivity index (χ4n) is 3.42. The summed E-state index contributed by atoms with van der Waals surface area (Å²) < 4.78 is 0. The molecule has 0 radical (unpaired) electrons. The molecule has 3 rings (SSSR count). The van der Waals surface area contributed by atoms with E-state index in [1.165, 1.54) is 19.3 Å². The zero-order chi connectivity index (χ0) is 15.4. The summed E-state index contributed by atoms with van der Waals surface area (Å²) in [6, 6.07) is 8.85. The Hall–Kier alpha value is -1.39. The van der Waals surface area contributed by atoms with Crippen molar-refractivity contribution in [3.8, 4) is 0 Å². The summed E-state index contributed by atoms with van der Waals surface area (Å²) in [4.78, 5) is 17.4. The van der Waals surface area contributed by atoms with Crippen LogP contribution in [0.3, 0.4) is 0 Å². The largest absolute Gasteiger partial charge is 0.336 e. The molecule has 1 aliphatic heterocycles. The van der Waals surface area contributed by atoms with Gasteiger partial charge < -0.3 is 10.2 Å². The Morgan fingerprint density at radius 2 is 1.91 bits per heavy atom. The molecule has 2 aliphatic rings. The molecule has 0 atom stereocenters. The second-order valence-electron chi connectivity index (χ2n) is 6.42. The Labute approximate surface area is 133 Å². The summed E-state index contributed by atoms with van der Waals surface area (Å²) >= 11 is 0. The lowest BCUT2D eigenvalue weighted by molar-refractivity contribution is 0.0454. The fraction of sp³-hybridized carbons (Fsp3) is 0.611. The second kappa shape index (κ2) is 7.25. The van der Waals surface area contributed by atoms with E-state index in [-0.39, 0.29) is 5.91 Å². The van der Waals surface area contributed by atoms with Gasteiger partial charge in [0.15, 0.2) is 0 Å². The Bertz CT molecular complexity index is 505. The minimum Gasteiger partial charge on any atom is -0.336 e. The predicted molar refractivity (Wildman–Crippen MR) is 89.2 cm³/mol. The van der Waals surface area contributed by atoms with Gasteiger partial charge in [0, 0.05) is 37.8 Å². The molecule has 1 saturated carbocycles. The standard InChI is InChI=1S/C18H27N3O/c1-19-10-9-15-5-2-3-8-17(15)18(22)21-13-11-20(12-14-21)16-6-4-7-16/h2-3,5,8,16,19H,4,6-7,9-14H2,1H3. The normalized spacial score (nSPS) is 20.0. The summed E-state index contributed by atoms with van der Waals surface area (Å²) in [5.74, 6) is 0.208. The number of carbonyl (C=O) groups excluding carboxylic acids is 1. The predicted octanol–water partition coefficient (Wildman–Crippen LogP) is 1.76. The van der Waals surface area contributed by atoms with Crippen LogP contribution in [0.5, 0.6) is 0 Å². The van der Waals surface area contributed by atoms with Gasteiger partial charge in [0.1, 0.15) is 0 Å². The van der Waals surface area contributed by atoms with E-state index >= 15 is 0 Å². The highest BCUT2D eigenvalue weighted by molar-refractivity contribution is 5.95. The number of hydrogen-bond acceptors (Lipinski definition) is 3. The van der Waals surface area contributed by atoms with Crippen LogP contribution in [0.15, 0.2) is 24.3 Å². The average molecular weight is 301 g/mol. The first kappa shape index (κ1) is 15.5. The van der Waals surface area contributed by atoms with Gasteiger partial charge in [0.05, 0.1) is 0 Å². The molecule has 1 aliphatic carbocycles. The summed E-state index contributed by atoms with van der Waals surface area (Å²) in [6.45, 7) is 4.72. The summed E-state index contributed by atoms with van der Waals surface area (Å²) in [7, 11) is 1.95. The van der Waals surface area contributed by atoms with Gasteiger partial charge in [-0.2, -0.15) is 0 Å². The minimum atomic E-state index is 0.208. The molecule has 120 valence electrons. The van der Waals surface area contributed by atoms with Gasteiger partial charge in [-0.05, 0) is 44.5 Å². The average Bonchev–Trinajstić information content (AvgIpc) is 2.52. The molecule has 0 aromatic heterocycles. The molecule has 0 unspecified atom stereocenters. The third-order valence-corrected chi connectivity index (χ3v) is 5.08. The lowest BCUT2D eigenvalue weighted by Gasteiger charge is -2.43. The van der Waals surface area contributed by atoms with Gasteiger partial charge >= 0.3 is 0 Å². The number of likely N-dealkylation sites (N-methyl/N-ethyl adjacent to an activating group) is 1. The lowest BCUT2D eigenvalue weighted by Crippen LogP contribution is -2.53. The van der Waals surface area contributed by atoms with E-state index in [1.54, 1.807) is 0 Å². The molecule has 1 aromatic carbocycles. The van der Waals surface area contributed by atoms with Crippen LogP contribution in [0.1, 0.15) is 35.2 Å². The summed E-state index contributed by atoms with van der Waals surface area (Å²) in [5.41, 5.74) is 2.04. The van der Waals surface area contributed by atoms with Gasteiger partial charge in [0.25, 0.3) is 5.91 Å². The monoisotopic (exact) mass is 301 g/mol. The number of nitrogens with one attached hydrogen (secondary N) is 1. The van der Waals surface area contributed by atoms with E-state index in [4.69, 9.17) is 0 Å². The first-order valence-corrected chi connectivity index (χ1v) is 8.55. The zero-order valence-electron chi connectivity index (χ0n) is 13.6. The number of carbonyl (C=O) groups is 1. The molecule has 2 fully saturated rings. The zero-order valence-corrected chi connectivity index (χ0v) is 13.6. The van der Waals surface area contributed by atoms with Crippen molar-refractivity contribution in [1.29, 1.82) is 0 Å². The molecule has 4 heteroatoms. The van der Waals surface area contributed by atoms with Crippen LogP contribution in [-0.2, 0) is 6.42 Å². The Kier molecular flexibility index (Phi) is 5.11. The number of benzene rings is 1. The van der Waals surface area contributed by atoms with Gasteiger partial charge in [-0.1, -0.05) is 24.6 Å². The molecular weight excluding hydrogens is 274 g/mol. The first-order chi connectivity index (χ1) is 10.8. The van der Waals surface area contributed by atoms with E-state index in [2.05, 4.69) is 16.3 Å². The van der Waals surface area contributed by atoms with E-state index in [0.717, 1.165) is 56.3 Å².